The Labute approximate surface area is 109 Å². The molecule has 1 N–H and O–H groups in total. The molecule has 1 unspecified atom stereocenters. The number of nitrogens with one attached hydrogen (secondary N) is 1. The smallest absolute Gasteiger partial charge is 0.225 e. The lowest BCUT2D eigenvalue weighted by Gasteiger charge is -2.16. The van der Waals surface area contributed by atoms with Crippen LogP contribution in [0, 0.1) is 18.3 Å². The maximum atomic E-state index is 11.8. The summed E-state index contributed by atoms with van der Waals surface area (Å²) in [6.45, 7) is 3.96. The molecule has 1 rings (SSSR count). The largest absolute Gasteiger partial charge is 0.497 e. The molecule has 0 fully saturated rings. The number of hydrogen-bond donors (Lipinski definition) is 1. The third-order valence-corrected chi connectivity index (χ3v) is 2.66. The van der Waals surface area contributed by atoms with E-state index in [1.165, 1.54) is 0 Å². The first-order chi connectivity index (χ1) is 8.56. The lowest BCUT2D eigenvalue weighted by molar-refractivity contribution is -0.121. The number of ether oxygens (including phenoxy) is 1. The van der Waals surface area contributed by atoms with Gasteiger partial charge in [-0.15, -0.1) is 6.42 Å². The molecular weight excluding hydrogens is 226 g/mol. The minimum Gasteiger partial charge on any atom is -0.497 e. The van der Waals surface area contributed by atoms with Crippen LogP contribution in [0.25, 0.3) is 0 Å². The minimum absolute atomic E-state index is 0.0695. The van der Waals surface area contributed by atoms with Crippen molar-refractivity contribution in [3.8, 4) is 18.1 Å². The molecule has 0 spiro atoms. The molecule has 0 saturated carbocycles. The summed E-state index contributed by atoms with van der Waals surface area (Å²) in [4.78, 5) is 11.8. The van der Waals surface area contributed by atoms with Crippen molar-refractivity contribution >= 4 is 5.91 Å². The van der Waals surface area contributed by atoms with E-state index in [9.17, 15) is 4.79 Å². The van der Waals surface area contributed by atoms with Crippen molar-refractivity contribution in [3.05, 3.63) is 29.8 Å². The molecule has 0 heterocycles. The van der Waals surface area contributed by atoms with E-state index < -0.39 is 0 Å². The Hall–Kier alpha value is -1.95. The molecule has 0 aliphatic carbocycles. The number of carbonyl (C=O) groups excluding carboxylic acids is 1. The van der Waals surface area contributed by atoms with Crippen LogP contribution >= 0.6 is 0 Å². The SMILES string of the molecule is C#CC(NC(=O)Cc1cccc(OC)c1)C(C)C. The molecule has 0 aliphatic heterocycles. The summed E-state index contributed by atoms with van der Waals surface area (Å²) >= 11 is 0. The van der Waals surface area contributed by atoms with E-state index in [1.54, 1.807) is 7.11 Å². The second kappa shape index (κ2) is 6.70. The molecular formula is C15H19NO2. The van der Waals surface area contributed by atoms with E-state index in [4.69, 9.17) is 11.2 Å². The standard InChI is InChI=1S/C15H19NO2/c1-5-14(11(2)3)16-15(17)10-12-7-6-8-13(9-12)18-4/h1,6-9,11,14H,10H2,2-4H3,(H,16,17). The minimum atomic E-state index is -0.219. The van der Waals surface area contributed by atoms with Gasteiger partial charge < -0.3 is 10.1 Å². The second-order valence-electron chi connectivity index (χ2n) is 4.48. The summed E-state index contributed by atoms with van der Waals surface area (Å²) in [5, 5.41) is 2.84. The van der Waals surface area contributed by atoms with Gasteiger partial charge in [0.25, 0.3) is 0 Å². The lowest BCUT2D eigenvalue weighted by atomic mass is 10.0. The van der Waals surface area contributed by atoms with Crippen LogP contribution in [0.2, 0.25) is 0 Å². The van der Waals surface area contributed by atoms with E-state index in [0.717, 1.165) is 11.3 Å². The number of terminal acetylenes is 1. The van der Waals surface area contributed by atoms with E-state index in [1.807, 2.05) is 38.1 Å². The topological polar surface area (TPSA) is 38.3 Å². The molecule has 1 atom stereocenters. The number of benzene rings is 1. The molecule has 3 heteroatoms. The highest BCUT2D eigenvalue weighted by Crippen LogP contribution is 2.13. The monoisotopic (exact) mass is 245 g/mol. The quantitative estimate of drug-likeness (QED) is 0.806. The van der Waals surface area contributed by atoms with Crippen LogP contribution in [0.15, 0.2) is 24.3 Å². The van der Waals surface area contributed by atoms with Crippen LogP contribution in [-0.2, 0) is 11.2 Å². The molecule has 1 amide bonds. The summed E-state index contributed by atoms with van der Waals surface area (Å²) < 4.78 is 5.11. The first kappa shape index (κ1) is 14.1. The van der Waals surface area contributed by atoms with E-state index in [0.29, 0.717) is 6.42 Å². The Morgan fingerprint density at radius 1 is 1.50 bits per heavy atom. The van der Waals surface area contributed by atoms with Gasteiger partial charge in [0.05, 0.1) is 19.6 Å². The maximum absolute atomic E-state index is 11.8. The van der Waals surface area contributed by atoms with Crippen LogP contribution < -0.4 is 10.1 Å². The summed E-state index contributed by atoms with van der Waals surface area (Å²) in [6, 6.07) is 7.23. The Kier molecular flexibility index (Phi) is 5.26. The van der Waals surface area contributed by atoms with Gasteiger partial charge in [-0.25, -0.2) is 0 Å². The molecule has 0 saturated heterocycles. The fourth-order valence-corrected chi connectivity index (χ4v) is 1.59. The zero-order chi connectivity index (χ0) is 13.5. The van der Waals surface area contributed by atoms with Crippen molar-refractivity contribution in [2.75, 3.05) is 7.11 Å². The van der Waals surface area contributed by atoms with Crippen molar-refractivity contribution in [1.29, 1.82) is 0 Å². The number of amides is 1. The number of methoxy groups -OCH3 is 1. The first-order valence-corrected chi connectivity index (χ1v) is 5.95. The van der Waals surface area contributed by atoms with Gasteiger partial charge in [0.2, 0.25) is 5.91 Å². The number of rotatable bonds is 5. The second-order valence-corrected chi connectivity index (χ2v) is 4.48. The van der Waals surface area contributed by atoms with Crippen molar-refractivity contribution in [1.82, 2.24) is 5.32 Å². The molecule has 0 bridgehead atoms. The van der Waals surface area contributed by atoms with Gasteiger partial charge in [-0.3, -0.25) is 4.79 Å². The van der Waals surface area contributed by atoms with Crippen LogP contribution in [0.3, 0.4) is 0 Å². The Bertz CT molecular complexity index is 446. The summed E-state index contributed by atoms with van der Waals surface area (Å²) in [6.07, 6.45) is 5.68. The first-order valence-electron chi connectivity index (χ1n) is 5.95. The molecule has 3 nitrogen and oxygen atoms in total. The highest BCUT2D eigenvalue weighted by atomic mass is 16.5. The van der Waals surface area contributed by atoms with E-state index in [-0.39, 0.29) is 17.9 Å². The fourth-order valence-electron chi connectivity index (χ4n) is 1.59. The van der Waals surface area contributed by atoms with Gasteiger partial charge in [0.1, 0.15) is 5.75 Å². The van der Waals surface area contributed by atoms with Crippen molar-refractivity contribution < 1.29 is 9.53 Å². The Morgan fingerprint density at radius 3 is 2.78 bits per heavy atom. The van der Waals surface area contributed by atoms with E-state index in [2.05, 4.69) is 11.2 Å². The highest BCUT2D eigenvalue weighted by molar-refractivity contribution is 5.79. The predicted octanol–water partition coefficient (Wildman–Crippen LogP) is 2.01. The third-order valence-electron chi connectivity index (χ3n) is 2.66. The average molecular weight is 245 g/mol. The van der Waals surface area contributed by atoms with Crippen LogP contribution in [0.5, 0.6) is 5.75 Å². The van der Waals surface area contributed by atoms with Crippen molar-refractivity contribution in [3.63, 3.8) is 0 Å². The van der Waals surface area contributed by atoms with Crippen LogP contribution in [0.4, 0.5) is 0 Å². The maximum Gasteiger partial charge on any atom is 0.225 e. The van der Waals surface area contributed by atoms with E-state index >= 15 is 0 Å². The van der Waals surface area contributed by atoms with Gasteiger partial charge in [-0.1, -0.05) is 31.9 Å². The Morgan fingerprint density at radius 2 is 2.22 bits per heavy atom. The molecule has 0 aromatic heterocycles. The third kappa shape index (κ3) is 4.14. The lowest BCUT2D eigenvalue weighted by Crippen LogP contribution is -2.38. The summed E-state index contributed by atoms with van der Waals surface area (Å²) in [5.41, 5.74) is 0.909. The molecule has 1 aromatic carbocycles. The molecule has 0 aliphatic rings. The number of carbonyl (C=O) groups is 1. The summed E-state index contributed by atoms with van der Waals surface area (Å²) in [7, 11) is 1.60. The van der Waals surface area contributed by atoms with Crippen LogP contribution in [-0.4, -0.2) is 19.1 Å². The molecule has 0 radical (unpaired) electrons. The molecule has 18 heavy (non-hydrogen) atoms. The van der Waals surface area contributed by atoms with Crippen molar-refractivity contribution in [2.45, 2.75) is 26.3 Å². The number of hydrogen-bond acceptors (Lipinski definition) is 2. The molecule has 1 aromatic rings. The normalized spacial score (nSPS) is 11.7. The zero-order valence-electron chi connectivity index (χ0n) is 11.1. The highest BCUT2D eigenvalue weighted by Gasteiger charge is 2.13. The molecule has 96 valence electrons. The van der Waals surface area contributed by atoms with Gasteiger partial charge in [-0.05, 0) is 23.6 Å². The Balaban J connectivity index is 2.62. The summed E-state index contributed by atoms with van der Waals surface area (Å²) in [5.74, 6) is 3.49. The zero-order valence-corrected chi connectivity index (χ0v) is 11.1. The van der Waals surface area contributed by atoms with Gasteiger partial charge in [0.15, 0.2) is 0 Å². The average Bonchev–Trinajstić information content (AvgIpc) is 2.35. The van der Waals surface area contributed by atoms with Crippen LogP contribution in [0.1, 0.15) is 19.4 Å². The van der Waals surface area contributed by atoms with Gasteiger partial charge in [0, 0.05) is 0 Å². The van der Waals surface area contributed by atoms with Gasteiger partial charge in [-0.2, -0.15) is 0 Å². The fraction of sp³-hybridized carbons (Fsp3) is 0.400. The van der Waals surface area contributed by atoms with Crippen molar-refractivity contribution in [2.24, 2.45) is 5.92 Å². The van der Waals surface area contributed by atoms with Gasteiger partial charge >= 0.3 is 0 Å². The predicted molar refractivity (Wildman–Crippen MR) is 72.3 cm³/mol.